The van der Waals surface area contributed by atoms with E-state index in [9.17, 15) is 0 Å². The lowest BCUT2D eigenvalue weighted by molar-refractivity contribution is 0.326. The summed E-state index contributed by atoms with van der Waals surface area (Å²) in [5.41, 5.74) is 0. The highest BCUT2D eigenvalue weighted by molar-refractivity contribution is 4.92. The fourth-order valence-electron chi connectivity index (χ4n) is 2.24. The highest BCUT2D eigenvalue weighted by Crippen LogP contribution is 2.28. The molecule has 0 aromatic heterocycles. The monoisotopic (exact) mass is 178 g/mol. The molecular weight excluding hydrogens is 156 g/mol. The lowest BCUT2D eigenvalue weighted by atomic mass is 9.84. The van der Waals surface area contributed by atoms with Crippen molar-refractivity contribution >= 4 is 0 Å². The van der Waals surface area contributed by atoms with Gasteiger partial charge in [-0.1, -0.05) is 44.3 Å². The molecule has 1 saturated carbocycles. The van der Waals surface area contributed by atoms with E-state index < -0.39 is 0 Å². The van der Waals surface area contributed by atoms with Gasteiger partial charge < -0.3 is 0 Å². The molecule has 0 amide bonds. The Bertz CT molecular complexity index is 143. The van der Waals surface area contributed by atoms with Crippen molar-refractivity contribution in [1.29, 1.82) is 0 Å². The maximum atomic E-state index is 3.82. The summed E-state index contributed by atoms with van der Waals surface area (Å²) < 4.78 is 0. The van der Waals surface area contributed by atoms with Crippen molar-refractivity contribution in [3.05, 3.63) is 25.3 Å². The SMILES string of the molecule is C=CC(C=C)CCC1CCCCC1. The zero-order valence-electron chi connectivity index (χ0n) is 8.67. The number of hydrogen-bond acceptors (Lipinski definition) is 0. The molecule has 0 N–H and O–H groups in total. The quantitative estimate of drug-likeness (QED) is 0.549. The van der Waals surface area contributed by atoms with Crippen molar-refractivity contribution in [1.82, 2.24) is 0 Å². The molecule has 0 saturated heterocycles. The summed E-state index contributed by atoms with van der Waals surface area (Å²) in [6.07, 6.45) is 14.0. The van der Waals surface area contributed by atoms with Crippen LogP contribution in [0.25, 0.3) is 0 Å². The molecule has 0 bridgehead atoms. The molecule has 0 aromatic carbocycles. The summed E-state index contributed by atoms with van der Waals surface area (Å²) >= 11 is 0. The van der Waals surface area contributed by atoms with Crippen molar-refractivity contribution < 1.29 is 0 Å². The fourth-order valence-corrected chi connectivity index (χ4v) is 2.24. The van der Waals surface area contributed by atoms with E-state index in [-0.39, 0.29) is 0 Å². The Kier molecular flexibility index (Phi) is 4.88. The molecule has 0 atom stereocenters. The van der Waals surface area contributed by atoms with Crippen LogP contribution in [0.2, 0.25) is 0 Å². The molecule has 0 radical (unpaired) electrons. The molecule has 1 aliphatic rings. The Morgan fingerprint density at radius 2 is 1.69 bits per heavy atom. The zero-order valence-corrected chi connectivity index (χ0v) is 8.67. The third kappa shape index (κ3) is 3.80. The predicted octanol–water partition coefficient (Wildman–Crippen LogP) is 4.34. The van der Waals surface area contributed by atoms with Crippen LogP contribution in [0.15, 0.2) is 25.3 Å². The molecule has 74 valence electrons. The van der Waals surface area contributed by atoms with E-state index in [0.717, 1.165) is 5.92 Å². The van der Waals surface area contributed by atoms with E-state index in [0.29, 0.717) is 5.92 Å². The van der Waals surface area contributed by atoms with Gasteiger partial charge in [0.1, 0.15) is 0 Å². The largest absolute Gasteiger partial charge is 0.102 e. The van der Waals surface area contributed by atoms with Gasteiger partial charge in [0, 0.05) is 0 Å². The average Bonchev–Trinajstić information content (AvgIpc) is 2.21. The molecule has 1 fully saturated rings. The van der Waals surface area contributed by atoms with Gasteiger partial charge in [0.05, 0.1) is 0 Å². The van der Waals surface area contributed by atoms with Gasteiger partial charge in [0.25, 0.3) is 0 Å². The number of hydrogen-bond donors (Lipinski definition) is 0. The minimum Gasteiger partial charge on any atom is -0.102 e. The van der Waals surface area contributed by atoms with Crippen LogP contribution in [0, 0.1) is 11.8 Å². The molecule has 0 spiro atoms. The predicted molar refractivity (Wildman–Crippen MR) is 59.7 cm³/mol. The van der Waals surface area contributed by atoms with Crippen LogP contribution < -0.4 is 0 Å². The van der Waals surface area contributed by atoms with Crippen LogP contribution >= 0.6 is 0 Å². The molecule has 0 heterocycles. The summed E-state index contributed by atoms with van der Waals surface area (Å²) in [7, 11) is 0. The standard InChI is InChI=1S/C13H22/c1-3-12(4-2)10-11-13-8-6-5-7-9-13/h3-4,12-13H,1-2,5-11H2. The minimum atomic E-state index is 0.543. The highest BCUT2D eigenvalue weighted by atomic mass is 14.2. The van der Waals surface area contributed by atoms with Gasteiger partial charge in [-0.15, -0.1) is 13.2 Å². The summed E-state index contributed by atoms with van der Waals surface area (Å²) in [6.45, 7) is 7.65. The third-order valence-corrected chi connectivity index (χ3v) is 3.24. The van der Waals surface area contributed by atoms with Gasteiger partial charge in [-0.05, 0) is 24.7 Å². The van der Waals surface area contributed by atoms with Gasteiger partial charge in [-0.2, -0.15) is 0 Å². The first-order valence-electron chi connectivity index (χ1n) is 5.62. The second-order valence-electron chi connectivity index (χ2n) is 4.22. The Hall–Kier alpha value is -0.520. The molecule has 0 heteroatoms. The van der Waals surface area contributed by atoms with E-state index in [4.69, 9.17) is 0 Å². The zero-order chi connectivity index (χ0) is 9.52. The normalized spacial score (nSPS) is 18.8. The smallest absolute Gasteiger partial charge is 0.00588 e. The van der Waals surface area contributed by atoms with Crippen LogP contribution in [-0.2, 0) is 0 Å². The average molecular weight is 178 g/mol. The minimum absolute atomic E-state index is 0.543. The van der Waals surface area contributed by atoms with E-state index in [1.807, 2.05) is 12.2 Å². The van der Waals surface area contributed by atoms with Gasteiger partial charge in [-0.25, -0.2) is 0 Å². The first-order valence-corrected chi connectivity index (χ1v) is 5.62. The Morgan fingerprint density at radius 3 is 2.23 bits per heavy atom. The lowest BCUT2D eigenvalue weighted by Crippen LogP contribution is -2.07. The van der Waals surface area contributed by atoms with Gasteiger partial charge in [0.15, 0.2) is 0 Å². The molecule has 0 unspecified atom stereocenters. The Balaban J connectivity index is 2.16. The van der Waals surface area contributed by atoms with E-state index in [2.05, 4.69) is 13.2 Å². The Morgan fingerprint density at radius 1 is 1.08 bits per heavy atom. The number of rotatable bonds is 5. The molecule has 1 rings (SSSR count). The molecule has 1 aliphatic carbocycles. The maximum Gasteiger partial charge on any atom is -0.00588 e. The lowest BCUT2D eigenvalue weighted by Gasteiger charge is -2.22. The Labute approximate surface area is 82.7 Å². The molecule has 13 heavy (non-hydrogen) atoms. The van der Waals surface area contributed by atoms with Crippen LogP contribution in [0.5, 0.6) is 0 Å². The van der Waals surface area contributed by atoms with Crippen LogP contribution in [0.4, 0.5) is 0 Å². The van der Waals surface area contributed by atoms with E-state index in [1.54, 1.807) is 0 Å². The molecule has 0 aliphatic heterocycles. The van der Waals surface area contributed by atoms with Crippen LogP contribution in [0.1, 0.15) is 44.9 Å². The van der Waals surface area contributed by atoms with Crippen molar-refractivity contribution in [3.8, 4) is 0 Å². The van der Waals surface area contributed by atoms with Crippen LogP contribution in [0.3, 0.4) is 0 Å². The molecule has 0 aromatic rings. The van der Waals surface area contributed by atoms with Crippen molar-refractivity contribution in [3.63, 3.8) is 0 Å². The van der Waals surface area contributed by atoms with Crippen LogP contribution in [-0.4, -0.2) is 0 Å². The maximum absolute atomic E-state index is 3.82. The topological polar surface area (TPSA) is 0 Å². The van der Waals surface area contributed by atoms with Crippen molar-refractivity contribution in [2.75, 3.05) is 0 Å². The summed E-state index contributed by atoms with van der Waals surface area (Å²) in [6, 6.07) is 0. The van der Waals surface area contributed by atoms with Gasteiger partial charge in [-0.3, -0.25) is 0 Å². The first kappa shape index (κ1) is 10.6. The van der Waals surface area contributed by atoms with Gasteiger partial charge >= 0.3 is 0 Å². The molecular formula is C13H22. The second-order valence-corrected chi connectivity index (χ2v) is 4.22. The van der Waals surface area contributed by atoms with E-state index >= 15 is 0 Å². The second kappa shape index (κ2) is 6.01. The third-order valence-electron chi connectivity index (χ3n) is 3.24. The van der Waals surface area contributed by atoms with Crippen molar-refractivity contribution in [2.24, 2.45) is 11.8 Å². The highest BCUT2D eigenvalue weighted by Gasteiger charge is 2.13. The van der Waals surface area contributed by atoms with Crippen molar-refractivity contribution in [2.45, 2.75) is 44.9 Å². The fraction of sp³-hybridized carbons (Fsp3) is 0.692. The summed E-state index contributed by atoms with van der Waals surface area (Å²) in [5, 5.41) is 0. The number of allylic oxidation sites excluding steroid dienone is 2. The van der Waals surface area contributed by atoms with Gasteiger partial charge in [0.2, 0.25) is 0 Å². The summed E-state index contributed by atoms with van der Waals surface area (Å²) in [4.78, 5) is 0. The summed E-state index contributed by atoms with van der Waals surface area (Å²) in [5.74, 6) is 1.54. The first-order chi connectivity index (χ1) is 6.36. The molecule has 0 nitrogen and oxygen atoms in total. The van der Waals surface area contributed by atoms with E-state index in [1.165, 1.54) is 44.9 Å².